The summed E-state index contributed by atoms with van der Waals surface area (Å²) in [5.41, 5.74) is 7.19. The maximum atomic E-state index is 5.59. The number of nitrogens with zero attached hydrogens (tertiary/aromatic N) is 3. The molecule has 5 nitrogen and oxygen atoms in total. The molecule has 0 bridgehead atoms. The average molecular weight is 216 g/mol. The highest BCUT2D eigenvalue weighted by Gasteiger charge is 2.02. The van der Waals surface area contributed by atoms with Gasteiger partial charge < -0.3 is 10.5 Å². The largest absolute Gasteiger partial charge is 0.492 e. The van der Waals surface area contributed by atoms with Gasteiger partial charge in [0.25, 0.3) is 0 Å². The zero-order valence-corrected chi connectivity index (χ0v) is 8.92. The number of anilines is 1. The van der Waals surface area contributed by atoms with Crippen LogP contribution in [0.5, 0.6) is 5.75 Å². The Labute approximate surface area is 93.3 Å². The Morgan fingerprint density at radius 3 is 2.88 bits per heavy atom. The quantitative estimate of drug-likeness (QED) is 0.841. The molecule has 0 spiro atoms. The van der Waals surface area contributed by atoms with E-state index in [1.165, 1.54) is 6.33 Å². The second-order valence-corrected chi connectivity index (χ2v) is 3.17. The molecule has 0 saturated carbocycles. The number of pyridine rings is 1. The third-order valence-electron chi connectivity index (χ3n) is 2.01. The standard InChI is InChI=1S/C11H12N4O/c1-2-16-9-3-8(5-13-6-9)10-4-11(12)15-7-14-10/h3-7H,2H2,1H3,(H2,12,14,15). The van der Waals surface area contributed by atoms with Gasteiger partial charge in [0.1, 0.15) is 17.9 Å². The molecule has 0 unspecified atom stereocenters. The molecule has 2 rings (SSSR count). The molecule has 0 aliphatic heterocycles. The van der Waals surface area contributed by atoms with Crippen molar-refractivity contribution in [1.82, 2.24) is 15.0 Å². The molecule has 0 atom stereocenters. The van der Waals surface area contributed by atoms with Crippen molar-refractivity contribution in [2.45, 2.75) is 6.92 Å². The van der Waals surface area contributed by atoms with Crippen LogP contribution >= 0.6 is 0 Å². The van der Waals surface area contributed by atoms with Crippen molar-refractivity contribution in [2.24, 2.45) is 0 Å². The lowest BCUT2D eigenvalue weighted by Gasteiger charge is -2.05. The lowest BCUT2D eigenvalue weighted by Crippen LogP contribution is -1.95. The van der Waals surface area contributed by atoms with Crippen LogP contribution in [-0.2, 0) is 0 Å². The minimum Gasteiger partial charge on any atom is -0.492 e. The van der Waals surface area contributed by atoms with Crippen molar-refractivity contribution in [1.29, 1.82) is 0 Å². The van der Waals surface area contributed by atoms with Crippen LogP contribution in [0, 0.1) is 0 Å². The summed E-state index contributed by atoms with van der Waals surface area (Å²) in [6.07, 6.45) is 4.81. The average Bonchev–Trinajstić information content (AvgIpc) is 2.30. The Morgan fingerprint density at radius 1 is 1.25 bits per heavy atom. The first kappa shape index (κ1) is 10.4. The number of aromatic nitrogens is 3. The molecule has 0 aliphatic rings. The van der Waals surface area contributed by atoms with Crippen molar-refractivity contribution in [3.05, 3.63) is 30.9 Å². The van der Waals surface area contributed by atoms with Crippen molar-refractivity contribution < 1.29 is 4.74 Å². The van der Waals surface area contributed by atoms with E-state index in [-0.39, 0.29) is 0 Å². The fourth-order valence-electron chi connectivity index (χ4n) is 1.33. The molecule has 0 amide bonds. The van der Waals surface area contributed by atoms with Gasteiger partial charge in [0.2, 0.25) is 0 Å². The topological polar surface area (TPSA) is 73.9 Å². The number of ether oxygens (including phenoxy) is 1. The van der Waals surface area contributed by atoms with Crippen LogP contribution in [-0.4, -0.2) is 21.6 Å². The maximum Gasteiger partial charge on any atom is 0.138 e. The van der Waals surface area contributed by atoms with Crippen molar-refractivity contribution in [3.63, 3.8) is 0 Å². The summed E-state index contributed by atoms with van der Waals surface area (Å²) < 4.78 is 5.36. The SMILES string of the molecule is CCOc1cncc(-c2cc(N)ncn2)c1. The first-order chi connectivity index (χ1) is 7.79. The van der Waals surface area contributed by atoms with Crippen LogP contribution in [0.3, 0.4) is 0 Å². The molecule has 2 heterocycles. The van der Waals surface area contributed by atoms with Crippen LogP contribution in [0.25, 0.3) is 11.3 Å². The van der Waals surface area contributed by atoms with Gasteiger partial charge in [0.05, 0.1) is 18.5 Å². The van der Waals surface area contributed by atoms with Gasteiger partial charge in [0.15, 0.2) is 0 Å². The normalized spacial score (nSPS) is 10.1. The number of nitrogen functional groups attached to an aromatic ring is 1. The van der Waals surface area contributed by atoms with E-state index < -0.39 is 0 Å². The van der Waals surface area contributed by atoms with Crippen LogP contribution in [0.15, 0.2) is 30.9 Å². The molecule has 0 fully saturated rings. The minimum atomic E-state index is 0.437. The molecule has 0 aromatic carbocycles. The first-order valence-electron chi connectivity index (χ1n) is 4.95. The monoisotopic (exact) mass is 216 g/mol. The molecule has 0 aliphatic carbocycles. The van der Waals surface area contributed by atoms with E-state index in [9.17, 15) is 0 Å². The predicted molar refractivity (Wildman–Crippen MR) is 60.8 cm³/mol. The minimum absolute atomic E-state index is 0.437. The summed E-state index contributed by atoms with van der Waals surface area (Å²) in [6.45, 7) is 2.53. The second-order valence-electron chi connectivity index (χ2n) is 3.17. The van der Waals surface area contributed by atoms with Gasteiger partial charge in [-0.05, 0) is 13.0 Å². The third kappa shape index (κ3) is 2.25. The van der Waals surface area contributed by atoms with E-state index in [4.69, 9.17) is 10.5 Å². The Morgan fingerprint density at radius 2 is 2.12 bits per heavy atom. The van der Waals surface area contributed by atoms with Crippen molar-refractivity contribution >= 4 is 5.82 Å². The van der Waals surface area contributed by atoms with E-state index in [1.54, 1.807) is 18.5 Å². The van der Waals surface area contributed by atoms with Gasteiger partial charge in [-0.2, -0.15) is 0 Å². The van der Waals surface area contributed by atoms with Gasteiger partial charge in [-0.25, -0.2) is 9.97 Å². The molecule has 5 heteroatoms. The van der Waals surface area contributed by atoms with Gasteiger partial charge in [-0.3, -0.25) is 4.98 Å². The first-order valence-corrected chi connectivity index (χ1v) is 4.95. The molecule has 16 heavy (non-hydrogen) atoms. The summed E-state index contributed by atoms with van der Waals surface area (Å²) in [4.78, 5) is 12.0. The van der Waals surface area contributed by atoms with E-state index >= 15 is 0 Å². The van der Waals surface area contributed by atoms with Gasteiger partial charge in [-0.1, -0.05) is 0 Å². The fourth-order valence-corrected chi connectivity index (χ4v) is 1.33. The van der Waals surface area contributed by atoms with E-state index in [0.717, 1.165) is 17.0 Å². The van der Waals surface area contributed by atoms with Crippen LogP contribution in [0.4, 0.5) is 5.82 Å². The number of hydrogen-bond acceptors (Lipinski definition) is 5. The van der Waals surface area contributed by atoms with E-state index in [1.807, 2.05) is 13.0 Å². The van der Waals surface area contributed by atoms with Crippen LogP contribution in [0.2, 0.25) is 0 Å². The summed E-state index contributed by atoms with van der Waals surface area (Å²) in [5, 5.41) is 0. The molecule has 0 radical (unpaired) electrons. The number of nitrogens with two attached hydrogens (primary N) is 1. The Hall–Kier alpha value is -2.17. The molecule has 2 aromatic heterocycles. The van der Waals surface area contributed by atoms with Gasteiger partial charge >= 0.3 is 0 Å². The van der Waals surface area contributed by atoms with Gasteiger partial charge in [-0.15, -0.1) is 0 Å². The molecule has 82 valence electrons. The highest BCUT2D eigenvalue weighted by molar-refractivity contribution is 5.61. The third-order valence-corrected chi connectivity index (χ3v) is 2.01. The zero-order valence-electron chi connectivity index (χ0n) is 8.92. The smallest absolute Gasteiger partial charge is 0.138 e. The molecule has 2 N–H and O–H groups in total. The zero-order chi connectivity index (χ0) is 11.4. The second kappa shape index (κ2) is 4.57. The lowest BCUT2D eigenvalue weighted by atomic mass is 10.2. The summed E-state index contributed by atoms with van der Waals surface area (Å²) >= 11 is 0. The number of hydrogen-bond donors (Lipinski definition) is 1. The highest BCUT2D eigenvalue weighted by Crippen LogP contribution is 2.21. The molecule has 0 saturated heterocycles. The molecular weight excluding hydrogens is 204 g/mol. The fraction of sp³-hybridized carbons (Fsp3) is 0.182. The summed E-state index contributed by atoms with van der Waals surface area (Å²) in [5.74, 6) is 1.16. The molecule has 2 aromatic rings. The van der Waals surface area contributed by atoms with Crippen LogP contribution < -0.4 is 10.5 Å². The summed E-state index contributed by atoms with van der Waals surface area (Å²) in [6, 6.07) is 3.57. The highest BCUT2D eigenvalue weighted by atomic mass is 16.5. The maximum absolute atomic E-state index is 5.59. The lowest BCUT2D eigenvalue weighted by molar-refractivity contribution is 0.339. The van der Waals surface area contributed by atoms with Crippen LogP contribution in [0.1, 0.15) is 6.92 Å². The van der Waals surface area contributed by atoms with Gasteiger partial charge in [0, 0.05) is 17.8 Å². The van der Waals surface area contributed by atoms with E-state index in [0.29, 0.717) is 12.4 Å². The predicted octanol–water partition coefficient (Wildman–Crippen LogP) is 1.52. The summed E-state index contributed by atoms with van der Waals surface area (Å²) in [7, 11) is 0. The van der Waals surface area contributed by atoms with Crippen molar-refractivity contribution in [3.8, 4) is 17.0 Å². The Balaban J connectivity index is 2.36. The van der Waals surface area contributed by atoms with E-state index in [2.05, 4.69) is 15.0 Å². The van der Waals surface area contributed by atoms with Crippen molar-refractivity contribution in [2.75, 3.05) is 12.3 Å². The number of rotatable bonds is 3. The Kier molecular flexibility index (Phi) is 2.95. The Bertz CT molecular complexity index is 487. The molecular formula is C11H12N4O.